The van der Waals surface area contributed by atoms with Crippen LogP contribution in [0.2, 0.25) is 0 Å². The van der Waals surface area contributed by atoms with Gasteiger partial charge in [0.15, 0.2) is 22.7 Å². The number of thiazole rings is 1. The number of hydrogen-bond acceptors (Lipinski definition) is 17. The maximum atomic E-state index is 13.5. The number of aromatic amines is 1. The summed E-state index contributed by atoms with van der Waals surface area (Å²) in [6.07, 6.45) is 0.886. The molecule has 0 bridgehead atoms. The van der Waals surface area contributed by atoms with E-state index in [0.717, 1.165) is 34.2 Å². The summed E-state index contributed by atoms with van der Waals surface area (Å²) in [4.78, 5) is 116. The summed E-state index contributed by atoms with van der Waals surface area (Å²) >= 11 is 0.947. The lowest BCUT2D eigenvalue weighted by Gasteiger charge is -2.36. The van der Waals surface area contributed by atoms with Crippen LogP contribution >= 0.6 is 11.3 Å². The molecular formula is C38H35N11O13S2. The molecule has 7 amide bonds. The summed E-state index contributed by atoms with van der Waals surface area (Å²) in [5.74, 6) is -4.91. The lowest BCUT2D eigenvalue weighted by molar-refractivity contribution is -0.172. The van der Waals surface area contributed by atoms with Gasteiger partial charge in [-0.05, 0) is 25.0 Å². The Balaban J connectivity index is 0.964. The minimum atomic E-state index is -5.00. The highest BCUT2D eigenvalue weighted by Crippen LogP contribution is 2.29. The van der Waals surface area contributed by atoms with E-state index in [1.807, 2.05) is 12.1 Å². The lowest BCUT2D eigenvalue weighted by atomic mass is 10.0. The summed E-state index contributed by atoms with van der Waals surface area (Å²) < 4.78 is 34.7. The van der Waals surface area contributed by atoms with E-state index in [4.69, 9.17) is 15.3 Å². The number of likely N-dealkylation sites (tertiary alicyclic amines) is 1. The molecule has 2 saturated heterocycles. The molecule has 3 aromatic heterocycles. The fourth-order valence-electron chi connectivity index (χ4n) is 6.12. The summed E-state index contributed by atoms with van der Waals surface area (Å²) in [7, 11) is -5.00. The molecule has 0 spiro atoms. The van der Waals surface area contributed by atoms with E-state index in [9.17, 15) is 51.9 Å². The van der Waals surface area contributed by atoms with Crippen molar-refractivity contribution in [3.8, 4) is 5.75 Å². The van der Waals surface area contributed by atoms with Crippen LogP contribution in [-0.4, -0.2) is 115 Å². The van der Waals surface area contributed by atoms with Crippen molar-refractivity contribution in [2.24, 2.45) is 5.16 Å². The van der Waals surface area contributed by atoms with E-state index >= 15 is 0 Å². The van der Waals surface area contributed by atoms with Gasteiger partial charge in [-0.2, -0.15) is 8.42 Å². The zero-order chi connectivity index (χ0) is 46.1. The average Bonchev–Trinajstić information content (AvgIpc) is 3.86. The van der Waals surface area contributed by atoms with Crippen LogP contribution in [-0.2, 0) is 34.2 Å². The Morgan fingerprint density at radius 2 is 1.67 bits per heavy atom. The van der Waals surface area contributed by atoms with E-state index in [2.05, 4.69) is 25.9 Å². The molecule has 26 heteroatoms. The van der Waals surface area contributed by atoms with E-state index in [0.29, 0.717) is 21.0 Å². The third kappa shape index (κ3) is 8.93. The third-order valence-electron chi connectivity index (χ3n) is 9.55. The van der Waals surface area contributed by atoms with Gasteiger partial charge in [0, 0.05) is 17.6 Å². The van der Waals surface area contributed by atoms with Gasteiger partial charge in [-0.3, -0.25) is 38.7 Å². The Morgan fingerprint density at radius 1 is 1.02 bits per heavy atom. The third-order valence-corrected chi connectivity index (χ3v) is 11.6. The van der Waals surface area contributed by atoms with E-state index in [-0.39, 0.29) is 20.8 Å². The molecule has 64 heavy (non-hydrogen) atoms. The van der Waals surface area contributed by atoms with Crippen LogP contribution in [0.1, 0.15) is 47.1 Å². The van der Waals surface area contributed by atoms with E-state index < -0.39 is 111 Å². The number of fused-ring (bicyclic) bond motifs is 1. The number of nitrogens with two attached hydrogens (primary N) is 1. The number of urea groups is 2. The van der Waals surface area contributed by atoms with Gasteiger partial charge in [0.1, 0.15) is 22.9 Å². The number of benzene rings is 2. The van der Waals surface area contributed by atoms with Crippen molar-refractivity contribution in [1.29, 1.82) is 0 Å². The average molecular weight is 918 g/mol. The highest BCUT2D eigenvalue weighted by atomic mass is 32.2. The van der Waals surface area contributed by atoms with Crippen LogP contribution in [0.4, 0.5) is 14.7 Å². The van der Waals surface area contributed by atoms with Gasteiger partial charge in [0.25, 0.3) is 23.3 Å². The minimum absolute atomic E-state index is 0.0374. The predicted molar refractivity (Wildman–Crippen MR) is 222 cm³/mol. The summed E-state index contributed by atoms with van der Waals surface area (Å²) in [5, 5.41) is 17.9. The number of rotatable bonds is 13. The molecule has 1 atom stereocenters. The molecule has 2 aliphatic rings. The lowest BCUT2D eigenvalue weighted by Crippen LogP contribution is -2.68. The van der Waals surface area contributed by atoms with Crippen molar-refractivity contribution in [3.05, 3.63) is 127 Å². The van der Waals surface area contributed by atoms with Gasteiger partial charge in [-0.15, -0.1) is 11.3 Å². The van der Waals surface area contributed by atoms with Crippen LogP contribution in [0.3, 0.4) is 0 Å². The topological polar surface area (TPSA) is 327 Å². The second-order valence-corrected chi connectivity index (χ2v) is 16.8. The molecule has 332 valence electrons. The number of nitrogen functional groups attached to an aromatic ring is 1. The normalized spacial score (nSPS) is 15.5. The number of aromatic nitrogens is 3. The number of nitrogens with one attached hydrogen (secondary N) is 4. The number of pyridine rings is 1. The monoisotopic (exact) mass is 917 g/mol. The number of carbonyl (C=O) groups excluding carboxylic acids is 6. The standard InChI is InChI=1S/C38H35N11O13S2/c1-38(2,34(56)61-29(20-9-5-3-6-10-20)21-11-7-4-8-12-21)62-44-28(24-19-63-35(39)42-24)31(53)41-23-17-47(33(23)55)36(57)45-64(59,60)49-14-13-48(37(49)58)43-30(52)22-16-40-27-15-25(50)26(51)18-46(27)32(22)54/h3-12,15-16,18-19,23,29,40,51H,13-14,17H2,1-2H3,(H2,39,42)(H,41,53)(H,43,52)(H,45,57). The van der Waals surface area contributed by atoms with Crippen LogP contribution in [0.5, 0.6) is 5.75 Å². The molecule has 0 saturated carbocycles. The molecule has 24 nitrogen and oxygen atoms in total. The number of aromatic hydroxyl groups is 1. The first-order chi connectivity index (χ1) is 30.3. The van der Waals surface area contributed by atoms with Gasteiger partial charge < -0.3 is 30.7 Å². The number of imide groups is 1. The van der Waals surface area contributed by atoms with Crippen LogP contribution < -0.4 is 32.2 Å². The Labute approximate surface area is 364 Å². The highest BCUT2D eigenvalue weighted by molar-refractivity contribution is 7.88. The summed E-state index contributed by atoms with van der Waals surface area (Å²) in [6, 6.07) is 14.6. The molecule has 2 fully saturated rings. The molecule has 0 aliphatic carbocycles. The molecular weight excluding hydrogens is 883 g/mol. The van der Waals surface area contributed by atoms with Gasteiger partial charge in [-0.1, -0.05) is 65.8 Å². The molecule has 1 unspecified atom stereocenters. The van der Waals surface area contributed by atoms with Gasteiger partial charge >= 0.3 is 28.2 Å². The fourth-order valence-corrected chi connectivity index (χ4v) is 7.74. The molecule has 2 aliphatic heterocycles. The first kappa shape index (κ1) is 43.9. The Morgan fingerprint density at radius 3 is 2.28 bits per heavy atom. The molecule has 7 N–H and O–H groups in total. The van der Waals surface area contributed by atoms with Gasteiger partial charge in [0.05, 0.1) is 25.8 Å². The number of esters is 1. The zero-order valence-corrected chi connectivity index (χ0v) is 34.9. The quantitative estimate of drug-likeness (QED) is 0.0390. The van der Waals surface area contributed by atoms with Crippen LogP contribution in [0.25, 0.3) is 5.65 Å². The predicted octanol–water partition coefficient (Wildman–Crippen LogP) is -0.0718. The van der Waals surface area contributed by atoms with Gasteiger partial charge in [-0.25, -0.2) is 33.4 Å². The number of ether oxygens (including phenoxy) is 1. The van der Waals surface area contributed by atoms with Gasteiger partial charge in [0.2, 0.25) is 11.0 Å². The number of carbonyl (C=O) groups is 6. The second kappa shape index (κ2) is 17.3. The van der Waals surface area contributed by atoms with E-state index in [1.165, 1.54) is 19.2 Å². The van der Waals surface area contributed by atoms with Crippen molar-refractivity contribution in [3.63, 3.8) is 0 Å². The summed E-state index contributed by atoms with van der Waals surface area (Å²) in [6.45, 7) is 1.15. The SMILES string of the molecule is CC(C)(ON=C(C(=O)NC1CN(C(=O)NS(=O)(=O)N2CCN(NC(=O)c3c[nH]c4cc(=O)c(O)cn4c3=O)C2=O)C1=O)c1csc(N)n1)C(=O)OC(c1ccccc1)c1ccccc1. The molecule has 7 rings (SSSR count). The fraction of sp³-hybridized carbons (Fsp3) is 0.211. The smallest absolute Gasteiger partial charge is 0.353 e. The zero-order valence-electron chi connectivity index (χ0n) is 33.3. The summed E-state index contributed by atoms with van der Waals surface area (Å²) in [5.41, 5.74) is 4.37. The van der Waals surface area contributed by atoms with Crippen LogP contribution in [0, 0.1) is 0 Å². The largest absolute Gasteiger partial charge is 0.503 e. The van der Waals surface area contributed by atoms with Crippen LogP contribution in [0.15, 0.2) is 99.2 Å². The number of β-lactam (4-membered cyclic amide) rings is 1. The number of oxime groups is 1. The number of amides is 7. The maximum absolute atomic E-state index is 13.5. The van der Waals surface area contributed by atoms with Crippen molar-refractivity contribution in [1.82, 2.24) is 44.0 Å². The molecule has 2 aromatic carbocycles. The van der Waals surface area contributed by atoms with Crippen molar-refractivity contribution >= 4 is 73.8 Å². The molecule has 5 heterocycles. The highest BCUT2D eigenvalue weighted by Gasteiger charge is 2.46. The van der Waals surface area contributed by atoms with Crippen molar-refractivity contribution < 1.29 is 51.9 Å². The Bertz CT molecular complexity index is 2930. The number of anilines is 1. The number of hydrogen-bond donors (Lipinski definition) is 6. The maximum Gasteiger partial charge on any atom is 0.353 e. The minimum Gasteiger partial charge on any atom is -0.503 e. The second-order valence-electron chi connectivity index (χ2n) is 14.3. The van der Waals surface area contributed by atoms with Crippen molar-refractivity contribution in [2.75, 3.05) is 25.4 Å². The number of H-pyrrole nitrogens is 1. The van der Waals surface area contributed by atoms with E-state index in [1.54, 1.807) is 53.3 Å². The first-order valence-electron chi connectivity index (χ1n) is 18.7. The molecule has 5 aromatic rings. The van der Waals surface area contributed by atoms with Crippen molar-refractivity contribution in [2.45, 2.75) is 31.6 Å². The molecule has 0 radical (unpaired) electrons. The first-order valence-corrected chi connectivity index (χ1v) is 21.0. The Hall–Kier alpha value is -8.13. The Kier molecular flexibility index (Phi) is 11.9. The number of hydrazine groups is 1. The number of nitrogens with zero attached hydrogens (tertiary/aromatic N) is 6.